The van der Waals surface area contributed by atoms with Crippen molar-refractivity contribution >= 4 is 34.8 Å². The lowest BCUT2D eigenvalue weighted by Gasteiger charge is -2.39. The van der Waals surface area contributed by atoms with Gasteiger partial charge in [0.2, 0.25) is 16.8 Å². The van der Waals surface area contributed by atoms with Crippen LogP contribution in [0.2, 0.25) is 0 Å². The highest BCUT2D eigenvalue weighted by Crippen LogP contribution is 2.34. The highest BCUT2D eigenvalue weighted by molar-refractivity contribution is 7.91. The molecule has 0 aliphatic carbocycles. The van der Waals surface area contributed by atoms with E-state index in [1.807, 2.05) is 9.80 Å². The highest BCUT2D eigenvalue weighted by Gasteiger charge is 2.38. The van der Waals surface area contributed by atoms with Crippen molar-refractivity contribution in [2.24, 2.45) is 5.92 Å². The van der Waals surface area contributed by atoms with Crippen LogP contribution >= 0.6 is 0 Å². The summed E-state index contributed by atoms with van der Waals surface area (Å²) in [5.74, 6) is 1.59. The SMILES string of the molecule is CC(=O)N1CC[C@H](Nc2nc(N3CC(OC(=O)C4CCOCC4)C3)nc3c2[S+]([O-])CC3)C1. The van der Waals surface area contributed by atoms with Crippen LogP contribution < -0.4 is 10.2 Å². The Morgan fingerprint density at radius 1 is 1.19 bits per heavy atom. The number of carbonyl (C=O) groups excluding carboxylic acids is 2. The van der Waals surface area contributed by atoms with Crippen LogP contribution in [0.1, 0.15) is 31.9 Å². The van der Waals surface area contributed by atoms with Gasteiger partial charge in [0.1, 0.15) is 17.6 Å². The maximum Gasteiger partial charge on any atom is 0.309 e. The fourth-order valence-electron chi connectivity index (χ4n) is 4.65. The molecule has 0 saturated carbocycles. The Morgan fingerprint density at radius 3 is 2.69 bits per heavy atom. The van der Waals surface area contributed by atoms with Gasteiger partial charge < -0.3 is 29.1 Å². The maximum atomic E-state index is 12.6. The number of anilines is 2. The predicted octanol–water partition coefficient (Wildman–Crippen LogP) is 0.331. The number of hydrogen-bond donors (Lipinski definition) is 1. The molecule has 10 nitrogen and oxygen atoms in total. The van der Waals surface area contributed by atoms with Gasteiger partial charge in [0.25, 0.3) is 0 Å². The van der Waals surface area contributed by atoms with Crippen molar-refractivity contribution in [1.82, 2.24) is 14.9 Å². The largest absolute Gasteiger partial charge is 0.611 e. The zero-order chi connectivity index (χ0) is 22.2. The van der Waals surface area contributed by atoms with Crippen LogP contribution in [-0.4, -0.2) is 88.6 Å². The summed E-state index contributed by atoms with van der Waals surface area (Å²) >= 11 is -1.12. The van der Waals surface area contributed by atoms with Crippen LogP contribution in [0.25, 0.3) is 0 Å². The van der Waals surface area contributed by atoms with Crippen molar-refractivity contribution in [2.75, 3.05) is 55.4 Å². The first kappa shape index (κ1) is 21.7. The first-order valence-corrected chi connectivity index (χ1v) is 12.6. The molecule has 32 heavy (non-hydrogen) atoms. The predicted molar refractivity (Wildman–Crippen MR) is 117 cm³/mol. The van der Waals surface area contributed by atoms with Crippen molar-refractivity contribution < 1.29 is 23.6 Å². The fourth-order valence-corrected chi connectivity index (χ4v) is 5.96. The van der Waals surface area contributed by atoms with Crippen LogP contribution in [0.5, 0.6) is 0 Å². The van der Waals surface area contributed by atoms with Gasteiger partial charge in [0.15, 0.2) is 5.82 Å². The van der Waals surface area contributed by atoms with Crippen molar-refractivity contribution in [3.05, 3.63) is 5.69 Å². The number of aromatic nitrogens is 2. The third-order valence-corrected chi connectivity index (χ3v) is 8.08. The molecule has 3 saturated heterocycles. The molecule has 0 aromatic carbocycles. The lowest BCUT2D eigenvalue weighted by atomic mass is 10.0. The van der Waals surface area contributed by atoms with Gasteiger partial charge in [0, 0.05) is 45.7 Å². The second-order valence-corrected chi connectivity index (χ2v) is 10.4. The molecule has 5 heterocycles. The minimum Gasteiger partial charge on any atom is -0.611 e. The van der Waals surface area contributed by atoms with E-state index in [1.54, 1.807) is 6.92 Å². The number of nitrogens with zero attached hydrogens (tertiary/aromatic N) is 4. The molecule has 1 amide bonds. The number of aryl methyl sites for hydroxylation is 1. The van der Waals surface area contributed by atoms with Crippen LogP contribution in [-0.2, 0) is 36.7 Å². The first-order chi connectivity index (χ1) is 15.5. The minimum atomic E-state index is -1.12. The van der Waals surface area contributed by atoms with Gasteiger partial charge in [-0.25, -0.2) is 4.98 Å². The second kappa shape index (κ2) is 9.03. The quantitative estimate of drug-likeness (QED) is 0.486. The topological polar surface area (TPSA) is 120 Å². The van der Waals surface area contributed by atoms with Crippen LogP contribution in [0, 0.1) is 5.92 Å². The Morgan fingerprint density at radius 2 is 1.97 bits per heavy atom. The molecule has 1 N–H and O–H groups in total. The van der Waals surface area contributed by atoms with Crippen LogP contribution in [0.3, 0.4) is 0 Å². The lowest BCUT2D eigenvalue weighted by Crippen LogP contribution is -2.54. The summed E-state index contributed by atoms with van der Waals surface area (Å²) in [6.45, 7) is 5.24. The summed E-state index contributed by atoms with van der Waals surface area (Å²) in [5.41, 5.74) is 0.819. The summed E-state index contributed by atoms with van der Waals surface area (Å²) in [7, 11) is 0. The number of amides is 1. The van der Waals surface area contributed by atoms with Crippen molar-refractivity contribution in [2.45, 2.75) is 49.6 Å². The van der Waals surface area contributed by atoms with Gasteiger partial charge in [-0.1, -0.05) is 0 Å². The van der Waals surface area contributed by atoms with Gasteiger partial charge in [-0.3, -0.25) is 9.59 Å². The third kappa shape index (κ3) is 4.38. The zero-order valence-electron chi connectivity index (χ0n) is 18.2. The molecule has 1 aromatic heterocycles. The summed E-state index contributed by atoms with van der Waals surface area (Å²) < 4.78 is 23.5. The molecule has 11 heteroatoms. The van der Waals surface area contributed by atoms with E-state index in [4.69, 9.17) is 14.5 Å². The molecule has 1 unspecified atom stereocenters. The molecule has 1 aromatic rings. The number of carbonyl (C=O) groups is 2. The molecular formula is C21H29N5O5S. The first-order valence-electron chi connectivity index (χ1n) is 11.3. The van der Waals surface area contributed by atoms with E-state index in [1.165, 1.54) is 0 Å². The molecule has 174 valence electrons. The maximum absolute atomic E-state index is 12.6. The number of ether oxygens (including phenoxy) is 2. The van der Waals surface area contributed by atoms with E-state index in [2.05, 4.69) is 10.3 Å². The summed E-state index contributed by atoms with van der Waals surface area (Å²) in [6.07, 6.45) is 2.77. The van der Waals surface area contributed by atoms with Crippen LogP contribution in [0.4, 0.5) is 11.8 Å². The smallest absolute Gasteiger partial charge is 0.309 e. The Balaban J connectivity index is 1.24. The molecule has 2 atom stereocenters. The third-order valence-electron chi connectivity index (χ3n) is 6.62. The van der Waals surface area contributed by atoms with Crippen molar-refractivity contribution in [3.63, 3.8) is 0 Å². The molecule has 4 aliphatic rings. The normalized spacial score (nSPS) is 26.1. The average molecular weight is 464 g/mol. The van der Waals surface area contributed by atoms with Gasteiger partial charge >= 0.3 is 5.97 Å². The molecule has 5 rings (SSSR count). The molecular weight excluding hydrogens is 434 g/mol. The fraction of sp³-hybridized carbons (Fsp3) is 0.714. The molecule has 0 bridgehead atoms. The van der Waals surface area contributed by atoms with E-state index in [9.17, 15) is 14.1 Å². The Kier molecular flexibility index (Phi) is 6.13. The van der Waals surface area contributed by atoms with Gasteiger partial charge in [-0.15, -0.1) is 0 Å². The lowest BCUT2D eigenvalue weighted by molar-refractivity contribution is -0.158. The average Bonchev–Trinajstić information content (AvgIpc) is 3.38. The van der Waals surface area contributed by atoms with E-state index >= 15 is 0 Å². The van der Waals surface area contributed by atoms with Crippen LogP contribution in [0.15, 0.2) is 4.90 Å². The second-order valence-electron chi connectivity index (χ2n) is 8.89. The molecule has 0 radical (unpaired) electrons. The van der Waals surface area contributed by atoms with Gasteiger partial charge in [0.05, 0.1) is 19.0 Å². The van der Waals surface area contributed by atoms with Gasteiger partial charge in [-0.05, 0) is 30.4 Å². The number of hydrogen-bond acceptors (Lipinski definition) is 9. The molecule has 3 fully saturated rings. The zero-order valence-corrected chi connectivity index (χ0v) is 19.1. The summed E-state index contributed by atoms with van der Waals surface area (Å²) in [4.78, 5) is 37.9. The monoisotopic (exact) mass is 463 g/mol. The van der Waals surface area contributed by atoms with E-state index in [0.717, 1.165) is 25.0 Å². The number of fused-ring (bicyclic) bond motifs is 1. The van der Waals surface area contributed by atoms with Crippen molar-refractivity contribution in [3.8, 4) is 0 Å². The molecule has 0 spiro atoms. The Labute approximate surface area is 190 Å². The summed E-state index contributed by atoms with van der Waals surface area (Å²) in [6, 6.07) is 0.0768. The van der Waals surface area contributed by atoms with E-state index in [0.29, 0.717) is 68.2 Å². The highest BCUT2D eigenvalue weighted by atomic mass is 32.2. The van der Waals surface area contributed by atoms with Gasteiger partial charge in [-0.2, -0.15) is 4.98 Å². The Bertz CT molecular complexity index is 890. The number of esters is 1. The van der Waals surface area contributed by atoms with Crippen molar-refractivity contribution in [1.29, 1.82) is 0 Å². The minimum absolute atomic E-state index is 0.0633. The number of rotatable bonds is 5. The standard InChI is InChI=1S/C21H29N5O5S/c1-13(27)25-6-2-15(10-25)22-19-18-17(5-9-32(18)29)23-21(24-19)26-11-16(12-26)31-20(28)14-3-7-30-8-4-14/h14-16H,2-12H2,1H3,(H,22,23,24)/t15-,32?/m0/s1. The number of likely N-dealkylation sites (tertiary alicyclic amines) is 1. The molecule has 4 aliphatic heterocycles. The Hall–Kier alpha value is -2.11. The summed E-state index contributed by atoms with van der Waals surface area (Å²) in [5, 5.41) is 3.42. The number of nitrogens with one attached hydrogen (secondary N) is 1. The van der Waals surface area contributed by atoms with E-state index in [-0.39, 0.29) is 29.9 Å². The van der Waals surface area contributed by atoms with E-state index < -0.39 is 11.2 Å².